The van der Waals surface area contributed by atoms with Gasteiger partial charge in [-0.3, -0.25) is 14.5 Å². The van der Waals surface area contributed by atoms with Gasteiger partial charge < -0.3 is 10.2 Å². The maximum absolute atomic E-state index is 13.0. The number of piperazine rings is 1. The fourth-order valence-electron chi connectivity index (χ4n) is 4.57. The molecule has 1 aliphatic heterocycles. The van der Waals surface area contributed by atoms with Crippen LogP contribution in [0.5, 0.6) is 0 Å². The van der Waals surface area contributed by atoms with Gasteiger partial charge in [0.05, 0.1) is 11.6 Å². The van der Waals surface area contributed by atoms with E-state index in [2.05, 4.69) is 10.2 Å². The van der Waals surface area contributed by atoms with E-state index >= 15 is 0 Å². The largest absolute Gasteiger partial charge is 0.416 e. The lowest BCUT2D eigenvalue weighted by Crippen LogP contribution is -2.58. The van der Waals surface area contributed by atoms with Crippen LogP contribution in [0.25, 0.3) is 0 Å². The van der Waals surface area contributed by atoms with Crippen molar-refractivity contribution in [2.75, 3.05) is 26.2 Å². The number of halogens is 3. The van der Waals surface area contributed by atoms with Crippen molar-refractivity contribution in [3.05, 3.63) is 35.4 Å². The molecule has 0 spiro atoms. The Labute approximate surface area is 182 Å². The number of carbonyl (C=O) groups excluding carboxylic acids is 2. The van der Waals surface area contributed by atoms with E-state index in [-0.39, 0.29) is 29.5 Å². The Morgan fingerprint density at radius 2 is 1.65 bits per heavy atom. The Morgan fingerprint density at radius 3 is 2.16 bits per heavy atom. The van der Waals surface area contributed by atoms with Gasteiger partial charge in [-0.05, 0) is 56.4 Å². The van der Waals surface area contributed by atoms with E-state index in [1.807, 2.05) is 13.8 Å². The molecular weight excluding hydrogens is 407 g/mol. The predicted octanol–water partition coefficient (Wildman–Crippen LogP) is 3.94. The van der Waals surface area contributed by atoms with Crippen molar-refractivity contribution in [1.29, 1.82) is 0 Å². The Kier molecular flexibility index (Phi) is 7.62. The minimum atomic E-state index is -4.42. The summed E-state index contributed by atoms with van der Waals surface area (Å²) in [7, 11) is 0. The second kappa shape index (κ2) is 10.0. The Bertz CT molecular complexity index is 752. The van der Waals surface area contributed by atoms with Crippen LogP contribution in [-0.4, -0.2) is 59.9 Å². The van der Waals surface area contributed by atoms with Crippen LogP contribution >= 0.6 is 0 Å². The monoisotopic (exact) mass is 439 g/mol. The summed E-state index contributed by atoms with van der Waals surface area (Å²) in [6.07, 6.45) is 0.831. The molecule has 1 heterocycles. The van der Waals surface area contributed by atoms with Crippen molar-refractivity contribution < 1.29 is 22.8 Å². The summed E-state index contributed by atoms with van der Waals surface area (Å²) in [5, 5.41) is 3.13. The van der Waals surface area contributed by atoms with E-state index in [1.54, 1.807) is 4.90 Å². The summed E-state index contributed by atoms with van der Waals surface area (Å²) in [4.78, 5) is 29.6. The first-order valence-electron chi connectivity index (χ1n) is 11.2. The minimum absolute atomic E-state index is 0.0729. The molecular formula is C23H32F3N3O2. The second-order valence-corrected chi connectivity index (χ2v) is 8.71. The van der Waals surface area contributed by atoms with Gasteiger partial charge in [-0.25, -0.2) is 0 Å². The molecule has 8 heteroatoms. The summed E-state index contributed by atoms with van der Waals surface area (Å²) < 4.78 is 38.3. The molecule has 1 saturated heterocycles. The first-order valence-corrected chi connectivity index (χ1v) is 11.2. The van der Waals surface area contributed by atoms with Gasteiger partial charge in [-0.1, -0.05) is 19.8 Å². The third-order valence-electron chi connectivity index (χ3n) is 6.57. The Hall–Kier alpha value is -2.09. The molecule has 2 aliphatic rings. The lowest BCUT2D eigenvalue weighted by atomic mass is 9.94. The van der Waals surface area contributed by atoms with Crippen LogP contribution in [0.15, 0.2) is 24.3 Å². The van der Waals surface area contributed by atoms with E-state index in [4.69, 9.17) is 0 Å². The molecule has 2 fully saturated rings. The molecule has 0 radical (unpaired) electrons. The Balaban J connectivity index is 1.63. The number of amides is 2. The number of nitrogens with one attached hydrogen (secondary N) is 1. The molecule has 3 rings (SSSR count). The summed E-state index contributed by atoms with van der Waals surface area (Å²) in [6.45, 7) is 6.13. The van der Waals surface area contributed by atoms with Crippen LogP contribution in [0.1, 0.15) is 61.9 Å². The zero-order valence-electron chi connectivity index (χ0n) is 18.3. The lowest BCUT2D eigenvalue weighted by molar-refractivity contribution is -0.137. The first kappa shape index (κ1) is 23.6. The molecule has 2 amide bonds. The SMILES string of the molecule is CC[C@H](C)NC(=O)[C@@H](C1CCCC1)N1CCN(C(=O)c2ccc(C(F)(F)F)cc2)CC1. The van der Waals surface area contributed by atoms with E-state index in [9.17, 15) is 22.8 Å². The summed E-state index contributed by atoms with van der Waals surface area (Å²) in [6, 6.07) is 4.30. The van der Waals surface area contributed by atoms with Gasteiger partial charge in [-0.15, -0.1) is 0 Å². The number of alkyl halides is 3. The van der Waals surface area contributed by atoms with Gasteiger partial charge in [0.2, 0.25) is 5.91 Å². The smallest absolute Gasteiger partial charge is 0.352 e. The van der Waals surface area contributed by atoms with Crippen molar-refractivity contribution in [3.8, 4) is 0 Å². The van der Waals surface area contributed by atoms with Crippen LogP contribution < -0.4 is 5.32 Å². The number of nitrogens with zero attached hydrogens (tertiary/aromatic N) is 2. The average molecular weight is 440 g/mol. The zero-order valence-corrected chi connectivity index (χ0v) is 18.3. The van der Waals surface area contributed by atoms with E-state index in [0.717, 1.165) is 44.2 Å². The van der Waals surface area contributed by atoms with E-state index in [1.165, 1.54) is 12.1 Å². The maximum atomic E-state index is 13.0. The molecule has 2 atom stereocenters. The molecule has 172 valence electrons. The number of rotatable bonds is 6. The molecule has 0 aromatic heterocycles. The van der Waals surface area contributed by atoms with Crippen LogP contribution in [0.3, 0.4) is 0 Å². The quantitative estimate of drug-likeness (QED) is 0.731. The van der Waals surface area contributed by atoms with Crippen molar-refractivity contribution in [2.24, 2.45) is 5.92 Å². The molecule has 5 nitrogen and oxygen atoms in total. The number of hydrogen-bond acceptors (Lipinski definition) is 3. The van der Waals surface area contributed by atoms with Crippen LogP contribution in [0.2, 0.25) is 0 Å². The van der Waals surface area contributed by atoms with Crippen LogP contribution in [-0.2, 0) is 11.0 Å². The van der Waals surface area contributed by atoms with Crippen molar-refractivity contribution in [2.45, 2.75) is 64.2 Å². The highest BCUT2D eigenvalue weighted by Crippen LogP contribution is 2.32. The summed E-state index contributed by atoms with van der Waals surface area (Å²) >= 11 is 0. The topological polar surface area (TPSA) is 52.7 Å². The predicted molar refractivity (Wildman–Crippen MR) is 113 cm³/mol. The molecule has 31 heavy (non-hydrogen) atoms. The molecule has 1 aromatic carbocycles. The van der Waals surface area contributed by atoms with Gasteiger partial charge in [0, 0.05) is 37.8 Å². The van der Waals surface area contributed by atoms with Gasteiger partial charge >= 0.3 is 6.18 Å². The van der Waals surface area contributed by atoms with Crippen molar-refractivity contribution in [3.63, 3.8) is 0 Å². The van der Waals surface area contributed by atoms with Gasteiger partial charge in [0.25, 0.3) is 5.91 Å². The standard InChI is InChI=1S/C23H32F3N3O2/c1-3-16(2)27-21(30)20(17-6-4-5-7-17)28-12-14-29(15-13-28)22(31)18-8-10-19(11-9-18)23(24,25)26/h8-11,16-17,20H,3-7,12-15H2,1-2H3,(H,27,30)/t16-,20+/m0/s1. The van der Waals surface area contributed by atoms with E-state index in [0.29, 0.717) is 32.1 Å². The van der Waals surface area contributed by atoms with Gasteiger partial charge in [0.15, 0.2) is 0 Å². The van der Waals surface area contributed by atoms with Gasteiger partial charge in [-0.2, -0.15) is 13.2 Å². The summed E-state index contributed by atoms with van der Waals surface area (Å²) in [5.41, 5.74) is -0.510. The summed E-state index contributed by atoms with van der Waals surface area (Å²) in [5.74, 6) is 0.139. The highest BCUT2D eigenvalue weighted by atomic mass is 19.4. The molecule has 1 aromatic rings. The van der Waals surface area contributed by atoms with Gasteiger partial charge in [0.1, 0.15) is 0 Å². The molecule has 1 N–H and O–H groups in total. The van der Waals surface area contributed by atoms with Crippen molar-refractivity contribution in [1.82, 2.24) is 15.1 Å². The normalized spacial score (nSPS) is 20.5. The van der Waals surface area contributed by atoms with Crippen LogP contribution in [0, 0.1) is 5.92 Å². The lowest BCUT2D eigenvalue weighted by Gasteiger charge is -2.41. The zero-order chi connectivity index (χ0) is 22.6. The average Bonchev–Trinajstić information content (AvgIpc) is 3.27. The fourth-order valence-corrected chi connectivity index (χ4v) is 4.57. The third kappa shape index (κ3) is 5.79. The van der Waals surface area contributed by atoms with E-state index < -0.39 is 11.7 Å². The highest BCUT2D eigenvalue weighted by molar-refractivity contribution is 5.94. The maximum Gasteiger partial charge on any atom is 0.416 e. The Morgan fingerprint density at radius 1 is 1.06 bits per heavy atom. The number of hydrogen-bond donors (Lipinski definition) is 1. The third-order valence-corrected chi connectivity index (χ3v) is 6.57. The molecule has 0 unspecified atom stereocenters. The number of benzene rings is 1. The highest BCUT2D eigenvalue weighted by Gasteiger charge is 2.38. The van der Waals surface area contributed by atoms with Crippen LogP contribution in [0.4, 0.5) is 13.2 Å². The van der Waals surface area contributed by atoms with Crippen molar-refractivity contribution >= 4 is 11.8 Å². The first-order chi connectivity index (χ1) is 14.7. The number of carbonyl (C=O) groups is 2. The minimum Gasteiger partial charge on any atom is -0.352 e. The second-order valence-electron chi connectivity index (χ2n) is 8.71. The fraction of sp³-hybridized carbons (Fsp3) is 0.652. The molecule has 1 aliphatic carbocycles. The molecule has 1 saturated carbocycles. The molecule has 0 bridgehead atoms.